The Balaban J connectivity index is 2.36. The summed E-state index contributed by atoms with van der Waals surface area (Å²) in [5, 5.41) is 0. The zero-order valence-electron chi connectivity index (χ0n) is 8.97. The highest BCUT2D eigenvalue weighted by molar-refractivity contribution is 5.05. The monoisotopic (exact) mass is 224 g/mol. The summed E-state index contributed by atoms with van der Waals surface area (Å²) in [5.41, 5.74) is -0.425. The molecule has 0 spiro atoms. The molecule has 2 unspecified atom stereocenters. The Morgan fingerprint density at radius 1 is 1.44 bits per heavy atom. The molecule has 0 saturated heterocycles. The number of hydrogen-bond donors (Lipinski definition) is 1. The minimum Gasteiger partial charge on any atom is -0.352 e. The summed E-state index contributed by atoms with van der Waals surface area (Å²) in [6.45, 7) is 1.63. The summed E-state index contributed by atoms with van der Waals surface area (Å²) in [6.07, 6.45) is 3.89. The SMILES string of the molecule is COC1C=CC(n2cc(C)c(=O)[nH]c2=O)O1. The van der Waals surface area contributed by atoms with Crippen molar-refractivity contribution in [3.8, 4) is 0 Å². The number of hydrogen-bond acceptors (Lipinski definition) is 4. The van der Waals surface area contributed by atoms with Gasteiger partial charge in [0.2, 0.25) is 0 Å². The zero-order chi connectivity index (χ0) is 11.7. The van der Waals surface area contributed by atoms with Gasteiger partial charge in [-0.1, -0.05) is 0 Å². The Labute approximate surface area is 91.1 Å². The molecule has 1 aromatic heterocycles. The second-order valence-corrected chi connectivity index (χ2v) is 3.49. The van der Waals surface area contributed by atoms with Crippen molar-refractivity contribution in [2.75, 3.05) is 7.11 Å². The van der Waals surface area contributed by atoms with E-state index >= 15 is 0 Å². The molecule has 0 bridgehead atoms. The molecule has 0 aromatic carbocycles. The van der Waals surface area contributed by atoms with Gasteiger partial charge in [0.15, 0.2) is 12.5 Å². The molecule has 1 aliphatic heterocycles. The number of H-pyrrole nitrogens is 1. The molecule has 2 atom stereocenters. The second kappa shape index (κ2) is 4.07. The first-order chi connectivity index (χ1) is 7.61. The number of nitrogens with one attached hydrogen (secondary N) is 1. The highest BCUT2D eigenvalue weighted by Gasteiger charge is 2.21. The maximum Gasteiger partial charge on any atom is 0.330 e. The molecule has 16 heavy (non-hydrogen) atoms. The van der Waals surface area contributed by atoms with Gasteiger partial charge in [-0.3, -0.25) is 14.3 Å². The summed E-state index contributed by atoms with van der Waals surface area (Å²) >= 11 is 0. The van der Waals surface area contributed by atoms with Crippen molar-refractivity contribution in [2.24, 2.45) is 0 Å². The Morgan fingerprint density at radius 2 is 2.19 bits per heavy atom. The van der Waals surface area contributed by atoms with Crippen molar-refractivity contribution in [2.45, 2.75) is 19.4 Å². The quantitative estimate of drug-likeness (QED) is 0.712. The predicted octanol–water partition coefficient (Wildman–Crippen LogP) is -0.0975. The third kappa shape index (κ3) is 1.84. The molecule has 2 heterocycles. The predicted molar refractivity (Wildman–Crippen MR) is 56.1 cm³/mol. The molecule has 0 saturated carbocycles. The van der Waals surface area contributed by atoms with Crippen LogP contribution < -0.4 is 11.2 Å². The van der Waals surface area contributed by atoms with Crippen LogP contribution in [0, 0.1) is 6.92 Å². The number of nitrogens with zero attached hydrogens (tertiary/aromatic N) is 1. The molecule has 6 heteroatoms. The Hall–Kier alpha value is -1.66. The van der Waals surface area contributed by atoms with Crippen LogP contribution in [0.2, 0.25) is 0 Å². The van der Waals surface area contributed by atoms with Gasteiger partial charge >= 0.3 is 5.69 Å². The van der Waals surface area contributed by atoms with Crippen molar-refractivity contribution < 1.29 is 9.47 Å². The molecule has 0 amide bonds. The lowest BCUT2D eigenvalue weighted by atomic mass is 10.4. The highest BCUT2D eigenvalue weighted by Crippen LogP contribution is 2.19. The third-order valence-electron chi connectivity index (χ3n) is 2.36. The maximum absolute atomic E-state index is 11.5. The van der Waals surface area contributed by atoms with Gasteiger partial charge in [0.05, 0.1) is 0 Å². The van der Waals surface area contributed by atoms with Crippen molar-refractivity contribution in [3.63, 3.8) is 0 Å². The van der Waals surface area contributed by atoms with Crippen LogP contribution in [0.1, 0.15) is 11.8 Å². The van der Waals surface area contributed by atoms with Gasteiger partial charge in [-0.05, 0) is 19.1 Å². The van der Waals surface area contributed by atoms with Crippen LogP contribution in [-0.4, -0.2) is 23.0 Å². The van der Waals surface area contributed by atoms with Crippen molar-refractivity contribution >= 4 is 0 Å². The summed E-state index contributed by atoms with van der Waals surface area (Å²) in [4.78, 5) is 24.9. The van der Waals surface area contributed by atoms with Gasteiger partial charge in [0.25, 0.3) is 5.56 Å². The molecule has 1 N–H and O–H groups in total. The molecule has 0 radical (unpaired) electrons. The molecular formula is C10H12N2O4. The molecule has 0 aliphatic carbocycles. The van der Waals surface area contributed by atoms with E-state index in [9.17, 15) is 9.59 Å². The minimum atomic E-state index is -0.534. The first-order valence-electron chi connectivity index (χ1n) is 4.80. The van der Waals surface area contributed by atoms with E-state index in [0.29, 0.717) is 5.56 Å². The van der Waals surface area contributed by atoms with Gasteiger partial charge < -0.3 is 9.47 Å². The lowest BCUT2D eigenvalue weighted by molar-refractivity contribution is -0.119. The molecular weight excluding hydrogens is 212 g/mol. The molecule has 1 aromatic rings. The van der Waals surface area contributed by atoms with Crippen LogP contribution in [-0.2, 0) is 9.47 Å². The number of aromatic amines is 1. The topological polar surface area (TPSA) is 73.3 Å². The molecule has 0 fully saturated rings. The van der Waals surface area contributed by atoms with Gasteiger partial charge in [-0.15, -0.1) is 0 Å². The first-order valence-corrected chi connectivity index (χ1v) is 4.80. The van der Waals surface area contributed by atoms with Gasteiger partial charge in [-0.25, -0.2) is 4.79 Å². The second-order valence-electron chi connectivity index (χ2n) is 3.49. The molecule has 6 nitrogen and oxygen atoms in total. The van der Waals surface area contributed by atoms with Crippen LogP contribution >= 0.6 is 0 Å². The van der Waals surface area contributed by atoms with E-state index in [1.807, 2.05) is 0 Å². The summed E-state index contributed by atoms with van der Waals surface area (Å²) in [5.74, 6) is 0. The molecule has 2 rings (SSSR count). The Morgan fingerprint density at radius 3 is 2.81 bits per heavy atom. The number of aryl methyl sites for hydroxylation is 1. The highest BCUT2D eigenvalue weighted by atomic mass is 16.7. The van der Waals surface area contributed by atoms with Crippen molar-refractivity contribution in [1.29, 1.82) is 0 Å². The van der Waals surface area contributed by atoms with E-state index in [2.05, 4.69) is 4.98 Å². The fourth-order valence-corrected chi connectivity index (χ4v) is 1.48. The lowest BCUT2D eigenvalue weighted by Crippen LogP contribution is -2.33. The van der Waals surface area contributed by atoms with E-state index in [1.165, 1.54) is 17.9 Å². The number of aromatic nitrogens is 2. The van der Waals surface area contributed by atoms with Crippen LogP contribution in [0.25, 0.3) is 0 Å². The number of rotatable bonds is 2. The molecule has 86 valence electrons. The summed E-state index contributed by atoms with van der Waals surface area (Å²) in [7, 11) is 1.51. The Kier molecular flexibility index (Phi) is 2.76. The average molecular weight is 224 g/mol. The molecule has 1 aliphatic rings. The number of methoxy groups -OCH3 is 1. The van der Waals surface area contributed by atoms with Crippen LogP contribution in [0.5, 0.6) is 0 Å². The van der Waals surface area contributed by atoms with Crippen molar-refractivity contribution in [3.05, 3.63) is 44.8 Å². The average Bonchev–Trinajstić information content (AvgIpc) is 2.71. The van der Waals surface area contributed by atoms with Crippen LogP contribution in [0.15, 0.2) is 27.9 Å². The van der Waals surface area contributed by atoms with E-state index < -0.39 is 18.2 Å². The van der Waals surface area contributed by atoms with Gasteiger partial charge in [0.1, 0.15) is 0 Å². The lowest BCUT2D eigenvalue weighted by Gasteiger charge is -2.15. The van der Waals surface area contributed by atoms with E-state index in [1.54, 1.807) is 19.1 Å². The smallest absolute Gasteiger partial charge is 0.330 e. The fourth-order valence-electron chi connectivity index (χ4n) is 1.48. The standard InChI is InChI=1S/C10H12N2O4/c1-6-5-12(10(14)11-9(6)13)7-3-4-8(15-2)16-7/h3-5,7-8H,1-2H3,(H,11,13,14). The van der Waals surface area contributed by atoms with Crippen molar-refractivity contribution in [1.82, 2.24) is 9.55 Å². The van der Waals surface area contributed by atoms with Crippen LogP contribution in [0.4, 0.5) is 0 Å². The maximum atomic E-state index is 11.5. The zero-order valence-corrected chi connectivity index (χ0v) is 8.97. The Bertz CT molecular complexity index is 528. The minimum absolute atomic E-state index is 0.383. The van der Waals surface area contributed by atoms with E-state index in [-0.39, 0.29) is 5.56 Å². The normalized spacial score (nSPS) is 23.9. The van der Waals surface area contributed by atoms with Gasteiger partial charge in [0, 0.05) is 18.9 Å². The van der Waals surface area contributed by atoms with E-state index in [0.717, 1.165) is 0 Å². The largest absolute Gasteiger partial charge is 0.352 e. The third-order valence-corrected chi connectivity index (χ3v) is 2.36. The summed E-state index contributed by atoms with van der Waals surface area (Å²) < 4.78 is 11.7. The summed E-state index contributed by atoms with van der Waals surface area (Å²) in [6, 6.07) is 0. The van der Waals surface area contributed by atoms with Crippen LogP contribution in [0.3, 0.4) is 0 Å². The van der Waals surface area contributed by atoms with Gasteiger partial charge in [-0.2, -0.15) is 0 Å². The van der Waals surface area contributed by atoms with E-state index in [4.69, 9.17) is 9.47 Å². The first kappa shape index (κ1) is 10.8. The number of ether oxygens (including phenoxy) is 2. The fraction of sp³-hybridized carbons (Fsp3) is 0.400.